The predicted molar refractivity (Wildman–Crippen MR) is 86.7 cm³/mol. The number of imide groups is 1. The van der Waals surface area contributed by atoms with Gasteiger partial charge in [0.2, 0.25) is 17.7 Å². The number of nitrogens with zero attached hydrogens (tertiary/aromatic N) is 1. The topological polar surface area (TPSA) is 66.5 Å². The van der Waals surface area contributed by atoms with Gasteiger partial charge in [0.1, 0.15) is 5.82 Å². The number of rotatable bonds is 4. The van der Waals surface area contributed by atoms with E-state index in [1.165, 1.54) is 12.1 Å². The Bertz CT molecular complexity index is 709. The number of carbonyl (C=O) groups is 3. The molecule has 24 heavy (non-hydrogen) atoms. The van der Waals surface area contributed by atoms with Gasteiger partial charge in [0.25, 0.3) is 0 Å². The highest BCUT2D eigenvalue weighted by Crippen LogP contribution is 2.35. The molecular formula is C17H16ClFN2O3. The number of likely N-dealkylation sites (tertiary alicyclic amines) is 1. The molecule has 3 amide bonds. The Kier molecular flexibility index (Phi) is 4.66. The summed E-state index contributed by atoms with van der Waals surface area (Å²) < 4.78 is 13.6. The predicted octanol–water partition coefficient (Wildman–Crippen LogP) is 2.76. The minimum atomic E-state index is -0.599. The molecule has 0 radical (unpaired) electrons. The van der Waals surface area contributed by atoms with Crippen molar-refractivity contribution >= 4 is 35.0 Å². The summed E-state index contributed by atoms with van der Waals surface area (Å²) in [6.45, 7) is -0.00130. The molecule has 2 aliphatic rings. The van der Waals surface area contributed by atoms with Crippen LogP contribution in [0.2, 0.25) is 5.02 Å². The number of benzene rings is 1. The zero-order valence-electron chi connectivity index (χ0n) is 12.8. The highest BCUT2D eigenvalue weighted by Gasteiger charge is 2.46. The van der Waals surface area contributed by atoms with E-state index in [0.29, 0.717) is 17.9 Å². The fourth-order valence-corrected chi connectivity index (χ4v) is 3.28. The van der Waals surface area contributed by atoms with Crippen molar-refractivity contribution in [2.75, 3.05) is 11.9 Å². The first kappa shape index (κ1) is 16.6. The van der Waals surface area contributed by atoms with Crippen molar-refractivity contribution in [2.24, 2.45) is 11.8 Å². The molecule has 1 saturated heterocycles. The van der Waals surface area contributed by atoms with Gasteiger partial charge in [-0.25, -0.2) is 4.39 Å². The zero-order chi connectivity index (χ0) is 17.3. The molecule has 7 heteroatoms. The third kappa shape index (κ3) is 3.19. The lowest BCUT2D eigenvalue weighted by Gasteiger charge is -2.14. The number of anilines is 1. The Morgan fingerprint density at radius 3 is 2.46 bits per heavy atom. The van der Waals surface area contributed by atoms with Crippen molar-refractivity contribution in [1.82, 2.24) is 4.90 Å². The summed E-state index contributed by atoms with van der Waals surface area (Å²) >= 11 is 5.77. The molecule has 1 N–H and O–H groups in total. The van der Waals surface area contributed by atoms with Crippen molar-refractivity contribution in [1.29, 1.82) is 0 Å². The molecule has 1 heterocycles. The van der Waals surface area contributed by atoms with E-state index in [-0.39, 0.29) is 42.3 Å². The van der Waals surface area contributed by atoms with E-state index in [2.05, 4.69) is 5.32 Å². The van der Waals surface area contributed by atoms with Crippen LogP contribution in [-0.2, 0) is 14.4 Å². The third-order valence-electron chi connectivity index (χ3n) is 4.36. The second-order valence-corrected chi connectivity index (χ2v) is 6.34. The second-order valence-electron chi connectivity index (χ2n) is 5.91. The monoisotopic (exact) mass is 350 g/mol. The summed E-state index contributed by atoms with van der Waals surface area (Å²) in [4.78, 5) is 37.7. The van der Waals surface area contributed by atoms with E-state index < -0.39 is 11.7 Å². The van der Waals surface area contributed by atoms with Gasteiger partial charge in [-0.2, -0.15) is 0 Å². The van der Waals surface area contributed by atoms with E-state index in [1.807, 2.05) is 12.2 Å². The van der Waals surface area contributed by atoms with Gasteiger partial charge < -0.3 is 5.32 Å². The summed E-state index contributed by atoms with van der Waals surface area (Å²) in [5.74, 6) is -2.15. The molecule has 0 saturated carbocycles. The van der Waals surface area contributed by atoms with Crippen LogP contribution in [0.15, 0.2) is 30.4 Å². The van der Waals surface area contributed by atoms with Gasteiger partial charge in [0.05, 0.1) is 17.5 Å². The van der Waals surface area contributed by atoms with Crippen molar-refractivity contribution in [3.8, 4) is 0 Å². The Morgan fingerprint density at radius 2 is 1.83 bits per heavy atom. The van der Waals surface area contributed by atoms with Crippen LogP contribution < -0.4 is 5.32 Å². The minimum Gasteiger partial charge on any atom is -0.323 e. The Morgan fingerprint density at radius 1 is 1.21 bits per heavy atom. The lowest BCUT2D eigenvalue weighted by atomic mass is 9.85. The van der Waals surface area contributed by atoms with Gasteiger partial charge in [-0.3, -0.25) is 19.3 Å². The van der Waals surface area contributed by atoms with Crippen LogP contribution in [-0.4, -0.2) is 29.2 Å². The van der Waals surface area contributed by atoms with Gasteiger partial charge in [-0.15, -0.1) is 0 Å². The normalized spacial score (nSPS) is 22.7. The SMILES string of the molecule is O=C(CCN1C(=O)[C@H]2CC=CC[C@H]2C1=O)Nc1cc(Cl)ccc1F. The van der Waals surface area contributed by atoms with Crippen LogP contribution in [0.4, 0.5) is 10.1 Å². The number of carbonyl (C=O) groups excluding carboxylic acids is 3. The highest BCUT2D eigenvalue weighted by atomic mass is 35.5. The average Bonchev–Trinajstić information content (AvgIpc) is 2.81. The Labute approximate surface area is 143 Å². The third-order valence-corrected chi connectivity index (χ3v) is 4.60. The summed E-state index contributed by atoms with van der Waals surface area (Å²) in [6, 6.07) is 3.84. The van der Waals surface area contributed by atoms with Crippen LogP contribution in [0, 0.1) is 17.7 Å². The fourth-order valence-electron chi connectivity index (χ4n) is 3.11. The molecule has 2 atom stereocenters. The first-order chi connectivity index (χ1) is 11.5. The quantitative estimate of drug-likeness (QED) is 0.670. The Hall–Kier alpha value is -2.21. The number of nitrogens with one attached hydrogen (secondary N) is 1. The summed E-state index contributed by atoms with van der Waals surface area (Å²) in [6.07, 6.45) is 4.85. The molecule has 1 aliphatic carbocycles. The van der Waals surface area contributed by atoms with Gasteiger partial charge in [-0.1, -0.05) is 23.8 Å². The van der Waals surface area contributed by atoms with Crippen LogP contribution in [0.5, 0.6) is 0 Å². The fraction of sp³-hybridized carbons (Fsp3) is 0.353. The van der Waals surface area contributed by atoms with Crippen molar-refractivity contribution in [2.45, 2.75) is 19.3 Å². The van der Waals surface area contributed by atoms with E-state index in [0.717, 1.165) is 11.0 Å². The molecule has 1 aliphatic heterocycles. The lowest BCUT2D eigenvalue weighted by molar-refractivity contribution is -0.140. The second kappa shape index (κ2) is 6.73. The van der Waals surface area contributed by atoms with Crippen molar-refractivity contribution in [3.05, 3.63) is 41.2 Å². The highest BCUT2D eigenvalue weighted by molar-refractivity contribution is 6.30. The number of amides is 3. The van der Waals surface area contributed by atoms with Gasteiger partial charge in [0, 0.05) is 18.0 Å². The molecule has 3 rings (SSSR count). The number of halogens is 2. The maximum Gasteiger partial charge on any atom is 0.233 e. The van der Waals surface area contributed by atoms with Gasteiger partial charge in [-0.05, 0) is 31.0 Å². The van der Waals surface area contributed by atoms with Crippen LogP contribution in [0.3, 0.4) is 0 Å². The standard InChI is InChI=1S/C17H16ClFN2O3/c18-10-5-6-13(19)14(9-10)20-15(22)7-8-21-16(23)11-3-1-2-4-12(11)17(21)24/h1-2,5-6,9,11-12H,3-4,7-8H2,(H,20,22)/t11-,12+. The number of hydrogen-bond donors (Lipinski definition) is 1. The first-order valence-corrected chi connectivity index (χ1v) is 8.10. The minimum absolute atomic E-state index is 0.00130. The maximum atomic E-state index is 13.6. The van der Waals surface area contributed by atoms with E-state index in [4.69, 9.17) is 11.6 Å². The molecule has 1 aromatic rings. The molecule has 1 aromatic carbocycles. The Balaban J connectivity index is 1.59. The lowest BCUT2D eigenvalue weighted by Crippen LogP contribution is -2.34. The molecule has 0 spiro atoms. The number of hydrogen-bond acceptors (Lipinski definition) is 3. The first-order valence-electron chi connectivity index (χ1n) is 7.72. The number of allylic oxidation sites excluding steroid dienone is 2. The molecule has 126 valence electrons. The number of fused-ring (bicyclic) bond motifs is 1. The van der Waals surface area contributed by atoms with E-state index in [9.17, 15) is 18.8 Å². The summed E-state index contributed by atoms with van der Waals surface area (Å²) in [7, 11) is 0. The van der Waals surface area contributed by atoms with Crippen molar-refractivity contribution < 1.29 is 18.8 Å². The summed E-state index contributed by atoms with van der Waals surface area (Å²) in [5.41, 5.74) is -0.0237. The zero-order valence-corrected chi connectivity index (χ0v) is 13.6. The molecule has 0 aromatic heterocycles. The molecule has 0 bridgehead atoms. The van der Waals surface area contributed by atoms with Crippen LogP contribution >= 0.6 is 11.6 Å². The van der Waals surface area contributed by atoms with Gasteiger partial charge in [0.15, 0.2) is 0 Å². The maximum absolute atomic E-state index is 13.6. The van der Waals surface area contributed by atoms with E-state index >= 15 is 0 Å². The average molecular weight is 351 g/mol. The molecule has 5 nitrogen and oxygen atoms in total. The van der Waals surface area contributed by atoms with Crippen molar-refractivity contribution in [3.63, 3.8) is 0 Å². The van der Waals surface area contributed by atoms with Crippen LogP contribution in [0.25, 0.3) is 0 Å². The molecule has 1 fully saturated rings. The summed E-state index contributed by atoms with van der Waals surface area (Å²) in [5, 5.41) is 2.71. The largest absolute Gasteiger partial charge is 0.323 e. The molecule has 0 unspecified atom stereocenters. The van der Waals surface area contributed by atoms with Gasteiger partial charge >= 0.3 is 0 Å². The van der Waals surface area contributed by atoms with Crippen LogP contribution in [0.1, 0.15) is 19.3 Å². The molecular weight excluding hydrogens is 335 g/mol. The smallest absolute Gasteiger partial charge is 0.233 e. The van der Waals surface area contributed by atoms with E-state index in [1.54, 1.807) is 0 Å².